The molecule has 2 aromatic rings. The summed E-state index contributed by atoms with van der Waals surface area (Å²) in [6.07, 6.45) is 0. The average Bonchev–Trinajstić information content (AvgIpc) is 3.09. The van der Waals surface area contributed by atoms with Gasteiger partial charge in [0.2, 0.25) is 0 Å². The van der Waals surface area contributed by atoms with Gasteiger partial charge in [-0.2, -0.15) is 0 Å². The van der Waals surface area contributed by atoms with Crippen LogP contribution in [0.1, 0.15) is 0 Å². The fourth-order valence-electron chi connectivity index (χ4n) is 4.01. The standard InChI is InChI=1S/C19H26O2Si2/c1-22(2,17-11-7-5-8-12-17)19(20-15-16-21-19)23(3,4)18-13-9-6-10-14-18/h5-14H,15-16H2,1-4H3. The molecule has 0 spiro atoms. The van der Waals surface area contributed by atoms with Crippen molar-refractivity contribution in [1.82, 2.24) is 0 Å². The van der Waals surface area contributed by atoms with E-state index in [1.165, 1.54) is 10.4 Å². The molecule has 1 heterocycles. The van der Waals surface area contributed by atoms with Crippen LogP contribution in [0, 0.1) is 0 Å². The zero-order chi connectivity index (χ0) is 16.6. The van der Waals surface area contributed by atoms with E-state index in [0.29, 0.717) is 13.2 Å². The zero-order valence-corrected chi connectivity index (χ0v) is 16.5. The molecule has 122 valence electrons. The van der Waals surface area contributed by atoms with Crippen LogP contribution >= 0.6 is 0 Å². The third-order valence-electron chi connectivity index (χ3n) is 5.33. The molecule has 0 aliphatic carbocycles. The monoisotopic (exact) mass is 342 g/mol. The highest BCUT2D eigenvalue weighted by atomic mass is 28.4. The van der Waals surface area contributed by atoms with Crippen molar-refractivity contribution in [2.45, 2.75) is 31.2 Å². The van der Waals surface area contributed by atoms with Crippen LogP contribution < -0.4 is 10.4 Å². The van der Waals surface area contributed by atoms with Gasteiger partial charge in [0.25, 0.3) is 0 Å². The molecule has 0 unspecified atom stereocenters. The van der Waals surface area contributed by atoms with Gasteiger partial charge < -0.3 is 9.47 Å². The van der Waals surface area contributed by atoms with E-state index in [0.717, 1.165) is 0 Å². The van der Waals surface area contributed by atoms with E-state index in [1.54, 1.807) is 0 Å². The summed E-state index contributed by atoms with van der Waals surface area (Å²) in [6, 6.07) is 21.7. The maximum Gasteiger partial charge on any atom is 0.145 e. The minimum absolute atomic E-state index is 0.428. The van der Waals surface area contributed by atoms with Crippen molar-refractivity contribution in [1.29, 1.82) is 0 Å². The molecule has 1 aliphatic heterocycles. The van der Waals surface area contributed by atoms with Gasteiger partial charge >= 0.3 is 0 Å². The molecule has 1 fully saturated rings. The Hall–Kier alpha value is -1.21. The van der Waals surface area contributed by atoms with Crippen LogP contribution in [-0.2, 0) is 9.47 Å². The summed E-state index contributed by atoms with van der Waals surface area (Å²) in [7, 11) is -4.00. The van der Waals surface area contributed by atoms with Gasteiger partial charge in [0.15, 0.2) is 0 Å². The molecule has 0 radical (unpaired) electrons. The molecule has 2 nitrogen and oxygen atoms in total. The van der Waals surface area contributed by atoms with Gasteiger partial charge in [-0.05, 0) is 0 Å². The normalized spacial score (nSPS) is 18.1. The van der Waals surface area contributed by atoms with E-state index in [-0.39, 0.29) is 0 Å². The summed E-state index contributed by atoms with van der Waals surface area (Å²) < 4.78 is 13.0. The summed E-state index contributed by atoms with van der Waals surface area (Å²) >= 11 is 0. The van der Waals surface area contributed by atoms with Crippen LogP contribution in [0.4, 0.5) is 0 Å². The fraction of sp³-hybridized carbons (Fsp3) is 0.368. The molecule has 3 rings (SSSR count). The lowest BCUT2D eigenvalue weighted by atomic mass is 10.4. The number of benzene rings is 2. The molecule has 0 bridgehead atoms. The number of ether oxygens (including phenoxy) is 2. The predicted octanol–water partition coefficient (Wildman–Crippen LogP) is 3.04. The van der Waals surface area contributed by atoms with Gasteiger partial charge in [-0.3, -0.25) is 0 Å². The van der Waals surface area contributed by atoms with Crippen LogP contribution in [0.25, 0.3) is 0 Å². The van der Waals surface area contributed by atoms with Gasteiger partial charge in [-0.1, -0.05) is 97.2 Å². The largest absolute Gasteiger partial charge is 0.354 e. The van der Waals surface area contributed by atoms with Crippen molar-refractivity contribution in [3.63, 3.8) is 0 Å². The molecule has 0 N–H and O–H groups in total. The molecule has 4 heteroatoms. The Bertz CT molecular complexity index is 594. The van der Waals surface area contributed by atoms with E-state index < -0.39 is 21.2 Å². The number of rotatable bonds is 4. The Morgan fingerprint density at radius 3 is 1.35 bits per heavy atom. The highest BCUT2D eigenvalue weighted by Crippen LogP contribution is 2.38. The molecule has 1 aliphatic rings. The Kier molecular flexibility index (Phi) is 4.35. The van der Waals surface area contributed by atoms with Gasteiger partial charge in [0, 0.05) is 0 Å². The summed E-state index contributed by atoms with van der Waals surface area (Å²) in [5.41, 5.74) is 0. The summed E-state index contributed by atoms with van der Waals surface area (Å²) in [4.78, 5) is 0. The number of hydrogen-bond donors (Lipinski definition) is 0. The molecule has 23 heavy (non-hydrogen) atoms. The minimum atomic E-state index is -2.00. The lowest BCUT2D eigenvalue weighted by Gasteiger charge is -2.50. The SMILES string of the molecule is C[Si](C)(c1ccccc1)C1([Si](C)(C)c2ccccc2)OCCO1. The maximum absolute atomic E-state index is 6.48. The second-order valence-electron chi connectivity index (χ2n) is 7.30. The minimum Gasteiger partial charge on any atom is -0.354 e. The fourth-order valence-corrected chi connectivity index (χ4v) is 15.8. The lowest BCUT2D eigenvalue weighted by Crippen LogP contribution is -2.77. The van der Waals surface area contributed by atoms with Crippen molar-refractivity contribution in [3.05, 3.63) is 60.7 Å². The summed E-state index contributed by atoms with van der Waals surface area (Å²) in [5, 5.41) is 2.37. The van der Waals surface area contributed by atoms with Crippen molar-refractivity contribution in [2.24, 2.45) is 0 Å². The molecule has 2 aromatic carbocycles. The smallest absolute Gasteiger partial charge is 0.145 e. The first kappa shape index (κ1) is 16.6. The van der Waals surface area contributed by atoms with Gasteiger partial charge in [-0.15, -0.1) is 0 Å². The van der Waals surface area contributed by atoms with Crippen molar-refractivity contribution in [3.8, 4) is 0 Å². The maximum atomic E-state index is 6.48. The Morgan fingerprint density at radius 1 is 0.652 bits per heavy atom. The molecular weight excluding hydrogens is 316 g/mol. The third kappa shape index (κ3) is 2.54. The first-order valence-electron chi connectivity index (χ1n) is 8.31. The quantitative estimate of drug-likeness (QED) is 0.795. The Morgan fingerprint density at radius 2 is 1.00 bits per heavy atom. The molecule has 0 aromatic heterocycles. The van der Waals surface area contributed by atoms with Crippen molar-refractivity contribution >= 4 is 26.5 Å². The molecule has 0 atom stereocenters. The third-order valence-corrected chi connectivity index (χ3v) is 16.5. The second-order valence-corrected chi connectivity index (χ2v) is 16.8. The van der Waals surface area contributed by atoms with Crippen LogP contribution in [0.2, 0.25) is 26.2 Å². The van der Waals surface area contributed by atoms with Gasteiger partial charge in [0.1, 0.15) is 21.2 Å². The van der Waals surface area contributed by atoms with E-state index >= 15 is 0 Å². The predicted molar refractivity (Wildman–Crippen MR) is 102 cm³/mol. The van der Waals surface area contributed by atoms with E-state index in [9.17, 15) is 0 Å². The molecule has 1 saturated heterocycles. The Balaban J connectivity index is 2.14. The van der Waals surface area contributed by atoms with Crippen LogP contribution in [0.3, 0.4) is 0 Å². The van der Waals surface area contributed by atoms with E-state index in [1.807, 2.05) is 0 Å². The Labute approximate surface area is 141 Å². The molecule has 0 saturated carbocycles. The van der Waals surface area contributed by atoms with Crippen LogP contribution in [0.5, 0.6) is 0 Å². The highest BCUT2D eigenvalue weighted by Gasteiger charge is 2.62. The van der Waals surface area contributed by atoms with E-state index in [2.05, 4.69) is 86.9 Å². The first-order valence-corrected chi connectivity index (χ1v) is 14.3. The van der Waals surface area contributed by atoms with Crippen LogP contribution in [0.15, 0.2) is 60.7 Å². The van der Waals surface area contributed by atoms with Crippen LogP contribution in [-0.4, -0.2) is 34.4 Å². The lowest BCUT2D eigenvalue weighted by molar-refractivity contribution is -0.0313. The average molecular weight is 343 g/mol. The molecular formula is C19H26O2Si2. The van der Waals surface area contributed by atoms with Crippen molar-refractivity contribution in [2.75, 3.05) is 13.2 Å². The summed E-state index contributed by atoms with van der Waals surface area (Å²) in [6.45, 7) is 11.0. The molecule has 0 amide bonds. The summed E-state index contributed by atoms with van der Waals surface area (Å²) in [5.74, 6) is 0. The van der Waals surface area contributed by atoms with Gasteiger partial charge in [0.05, 0.1) is 13.2 Å². The zero-order valence-electron chi connectivity index (χ0n) is 14.5. The second kappa shape index (κ2) is 6.02. The van der Waals surface area contributed by atoms with E-state index in [4.69, 9.17) is 9.47 Å². The topological polar surface area (TPSA) is 18.5 Å². The first-order chi connectivity index (χ1) is 10.9. The number of hydrogen-bond acceptors (Lipinski definition) is 2. The van der Waals surface area contributed by atoms with Gasteiger partial charge in [-0.25, -0.2) is 0 Å². The van der Waals surface area contributed by atoms with Crippen molar-refractivity contribution < 1.29 is 9.47 Å². The highest BCUT2D eigenvalue weighted by molar-refractivity contribution is 7.09.